The van der Waals surface area contributed by atoms with E-state index in [1.54, 1.807) is 4.90 Å². The number of nitrogens with one attached hydrogen (secondary N) is 1. The van der Waals surface area contributed by atoms with Crippen molar-refractivity contribution in [3.05, 3.63) is 0 Å². The number of nitrogens with zero attached hydrogens (tertiary/aromatic N) is 2. The van der Waals surface area contributed by atoms with Crippen molar-refractivity contribution in [2.24, 2.45) is 16.3 Å². The zero-order valence-electron chi connectivity index (χ0n) is 9.86. The lowest BCUT2D eigenvalue weighted by atomic mass is 9.92. The highest BCUT2D eigenvalue weighted by Gasteiger charge is 2.26. The van der Waals surface area contributed by atoms with Crippen LogP contribution in [-0.4, -0.2) is 41.6 Å². The summed E-state index contributed by atoms with van der Waals surface area (Å²) in [5.74, 6) is 0.120. The van der Waals surface area contributed by atoms with Crippen LogP contribution >= 0.6 is 0 Å². The van der Waals surface area contributed by atoms with Crippen LogP contribution in [0.3, 0.4) is 0 Å². The fourth-order valence-electron chi connectivity index (χ4n) is 1.55. The second-order valence-electron chi connectivity index (χ2n) is 4.72. The van der Waals surface area contributed by atoms with E-state index < -0.39 is 5.41 Å². The molecule has 0 aromatic rings. The van der Waals surface area contributed by atoms with Gasteiger partial charge in [-0.3, -0.25) is 0 Å². The predicted molar refractivity (Wildman–Crippen MR) is 61.4 cm³/mol. The smallest absolute Gasteiger partial charge is 0.317 e. The van der Waals surface area contributed by atoms with Gasteiger partial charge in [0.25, 0.3) is 0 Å². The van der Waals surface area contributed by atoms with Gasteiger partial charge in [-0.05, 0) is 12.8 Å². The molecule has 2 amide bonds. The Hall–Kier alpha value is -1.46. The molecule has 4 N–H and O–H groups in total. The number of nitrogens with two attached hydrogens (primary N) is 1. The highest BCUT2D eigenvalue weighted by Crippen LogP contribution is 2.14. The lowest BCUT2D eigenvalue weighted by Gasteiger charge is -2.25. The normalized spacial score (nSPS) is 17.6. The standard InChI is InChI=1S/C10H20N4O2/c1-10(2,8(11)13-16)7-12-9(15)14-5-3-4-6-14/h16H,3-7H2,1-2H3,(H2,11,13)(H,12,15). The topological polar surface area (TPSA) is 91.0 Å². The molecule has 0 radical (unpaired) electrons. The fourth-order valence-corrected chi connectivity index (χ4v) is 1.55. The minimum Gasteiger partial charge on any atom is -0.409 e. The van der Waals surface area contributed by atoms with Gasteiger partial charge in [0.15, 0.2) is 0 Å². The lowest BCUT2D eigenvalue weighted by molar-refractivity contribution is 0.205. The number of oxime groups is 1. The van der Waals surface area contributed by atoms with Gasteiger partial charge in [0, 0.05) is 25.0 Å². The zero-order valence-corrected chi connectivity index (χ0v) is 9.86. The van der Waals surface area contributed by atoms with Crippen molar-refractivity contribution in [2.75, 3.05) is 19.6 Å². The first-order valence-electron chi connectivity index (χ1n) is 5.48. The average molecular weight is 228 g/mol. The maximum atomic E-state index is 11.7. The van der Waals surface area contributed by atoms with E-state index in [0.29, 0.717) is 6.54 Å². The van der Waals surface area contributed by atoms with Crippen molar-refractivity contribution >= 4 is 11.9 Å². The van der Waals surface area contributed by atoms with Gasteiger partial charge in [-0.1, -0.05) is 19.0 Å². The number of urea groups is 1. The Morgan fingerprint density at radius 2 is 2.06 bits per heavy atom. The number of hydrogen-bond acceptors (Lipinski definition) is 3. The Morgan fingerprint density at radius 1 is 1.50 bits per heavy atom. The molecule has 1 rings (SSSR count). The molecule has 1 aliphatic rings. The molecule has 1 heterocycles. The van der Waals surface area contributed by atoms with Crippen LogP contribution in [0.2, 0.25) is 0 Å². The molecule has 0 aliphatic carbocycles. The number of rotatable bonds is 3. The molecular weight excluding hydrogens is 208 g/mol. The van der Waals surface area contributed by atoms with Gasteiger partial charge in [-0.15, -0.1) is 0 Å². The van der Waals surface area contributed by atoms with Gasteiger partial charge < -0.3 is 21.2 Å². The van der Waals surface area contributed by atoms with E-state index in [1.165, 1.54) is 0 Å². The summed E-state index contributed by atoms with van der Waals surface area (Å²) >= 11 is 0. The fraction of sp³-hybridized carbons (Fsp3) is 0.800. The molecule has 0 aromatic carbocycles. The number of amidine groups is 1. The summed E-state index contributed by atoms with van der Waals surface area (Å²) in [5, 5.41) is 14.3. The maximum Gasteiger partial charge on any atom is 0.317 e. The summed E-state index contributed by atoms with van der Waals surface area (Å²) < 4.78 is 0. The highest BCUT2D eigenvalue weighted by atomic mass is 16.4. The molecule has 6 heteroatoms. The van der Waals surface area contributed by atoms with Crippen LogP contribution < -0.4 is 11.1 Å². The Morgan fingerprint density at radius 3 is 2.56 bits per heavy atom. The number of carbonyl (C=O) groups excluding carboxylic acids is 1. The van der Waals surface area contributed by atoms with E-state index in [1.807, 2.05) is 13.8 Å². The van der Waals surface area contributed by atoms with Crippen molar-refractivity contribution in [1.29, 1.82) is 0 Å². The van der Waals surface area contributed by atoms with Crippen molar-refractivity contribution < 1.29 is 10.0 Å². The molecule has 0 unspecified atom stereocenters. The van der Waals surface area contributed by atoms with Crippen LogP contribution in [0.5, 0.6) is 0 Å². The van der Waals surface area contributed by atoms with E-state index in [-0.39, 0.29) is 11.9 Å². The monoisotopic (exact) mass is 228 g/mol. The van der Waals surface area contributed by atoms with Gasteiger partial charge >= 0.3 is 6.03 Å². The Bertz CT molecular complexity index is 283. The summed E-state index contributed by atoms with van der Waals surface area (Å²) in [5.41, 5.74) is 4.99. The first kappa shape index (κ1) is 12.6. The molecule has 16 heavy (non-hydrogen) atoms. The van der Waals surface area contributed by atoms with Crippen LogP contribution in [0.25, 0.3) is 0 Å². The first-order valence-corrected chi connectivity index (χ1v) is 5.48. The SMILES string of the molecule is CC(C)(CNC(=O)N1CCCC1)C(N)=NO. The molecule has 0 bridgehead atoms. The third-order valence-corrected chi connectivity index (χ3v) is 2.88. The van der Waals surface area contributed by atoms with Crippen LogP contribution in [0.1, 0.15) is 26.7 Å². The maximum absolute atomic E-state index is 11.7. The van der Waals surface area contributed by atoms with E-state index >= 15 is 0 Å². The second-order valence-corrected chi connectivity index (χ2v) is 4.72. The number of likely N-dealkylation sites (tertiary alicyclic amines) is 1. The van der Waals surface area contributed by atoms with Gasteiger partial charge in [0.1, 0.15) is 5.84 Å². The molecular formula is C10H20N4O2. The molecule has 0 spiro atoms. The van der Waals surface area contributed by atoms with E-state index in [9.17, 15) is 4.79 Å². The summed E-state index contributed by atoms with van der Waals surface area (Å²) in [6.45, 7) is 5.61. The third kappa shape index (κ3) is 3.01. The van der Waals surface area contributed by atoms with Gasteiger partial charge in [0.2, 0.25) is 0 Å². The number of amides is 2. The van der Waals surface area contributed by atoms with Gasteiger partial charge in [-0.2, -0.15) is 0 Å². The number of carbonyl (C=O) groups is 1. The highest BCUT2D eigenvalue weighted by molar-refractivity contribution is 5.86. The van der Waals surface area contributed by atoms with Crippen molar-refractivity contribution in [1.82, 2.24) is 10.2 Å². The third-order valence-electron chi connectivity index (χ3n) is 2.88. The molecule has 1 aliphatic heterocycles. The number of hydrogen-bond donors (Lipinski definition) is 3. The first-order chi connectivity index (χ1) is 7.47. The summed E-state index contributed by atoms with van der Waals surface area (Å²) in [7, 11) is 0. The van der Waals surface area contributed by atoms with Crippen LogP contribution in [0.4, 0.5) is 4.79 Å². The molecule has 6 nitrogen and oxygen atoms in total. The van der Waals surface area contributed by atoms with E-state index in [4.69, 9.17) is 10.9 Å². The second kappa shape index (κ2) is 5.05. The Balaban J connectivity index is 2.41. The lowest BCUT2D eigenvalue weighted by Crippen LogP contribution is -2.46. The molecule has 0 aromatic heterocycles. The van der Waals surface area contributed by atoms with Crippen molar-refractivity contribution in [3.63, 3.8) is 0 Å². The minimum absolute atomic E-state index is 0.0729. The molecule has 0 saturated carbocycles. The minimum atomic E-state index is -0.538. The molecule has 1 saturated heterocycles. The molecule has 0 atom stereocenters. The average Bonchev–Trinajstić information content (AvgIpc) is 2.78. The van der Waals surface area contributed by atoms with Gasteiger partial charge in [0.05, 0.1) is 0 Å². The zero-order chi connectivity index (χ0) is 12.2. The van der Waals surface area contributed by atoms with Crippen molar-refractivity contribution in [2.45, 2.75) is 26.7 Å². The van der Waals surface area contributed by atoms with Crippen LogP contribution in [0.15, 0.2) is 5.16 Å². The van der Waals surface area contributed by atoms with Crippen LogP contribution in [-0.2, 0) is 0 Å². The largest absolute Gasteiger partial charge is 0.409 e. The summed E-state index contributed by atoms with van der Waals surface area (Å²) in [4.78, 5) is 13.5. The van der Waals surface area contributed by atoms with E-state index in [0.717, 1.165) is 25.9 Å². The van der Waals surface area contributed by atoms with E-state index in [2.05, 4.69) is 10.5 Å². The summed E-state index contributed by atoms with van der Waals surface area (Å²) in [6, 6.07) is -0.0729. The quantitative estimate of drug-likeness (QED) is 0.285. The van der Waals surface area contributed by atoms with Crippen LogP contribution in [0, 0.1) is 5.41 Å². The molecule has 1 fully saturated rings. The summed E-state index contributed by atoms with van der Waals surface area (Å²) in [6.07, 6.45) is 2.13. The molecule has 92 valence electrons. The predicted octanol–water partition coefficient (Wildman–Crippen LogP) is 0.564. The van der Waals surface area contributed by atoms with Crippen molar-refractivity contribution in [3.8, 4) is 0 Å². The Kier molecular flexibility index (Phi) is 3.98. The van der Waals surface area contributed by atoms with Gasteiger partial charge in [-0.25, -0.2) is 4.79 Å². The Labute approximate surface area is 95.5 Å².